The topological polar surface area (TPSA) is 74.7 Å². The Kier molecular flexibility index (Phi) is 7.72. The third-order valence-corrected chi connectivity index (χ3v) is 5.14. The predicted molar refractivity (Wildman–Crippen MR) is 92.2 cm³/mol. The zero-order valence-corrected chi connectivity index (χ0v) is 14.9. The Bertz CT molecular complexity index is 584. The van der Waals surface area contributed by atoms with Crippen molar-refractivity contribution in [2.75, 3.05) is 24.6 Å². The van der Waals surface area contributed by atoms with E-state index < -0.39 is 21.6 Å². The number of carboxylic acid groups (broad SMARTS) is 1. The van der Waals surface area contributed by atoms with E-state index in [0.29, 0.717) is 12.5 Å². The second-order valence-electron chi connectivity index (χ2n) is 6.21. The maximum atomic E-state index is 11.9. The van der Waals surface area contributed by atoms with Gasteiger partial charge >= 0.3 is 5.97 Å². The van der Waals surface area contributed by atoms with E-state index >= 15 is 0 Å². The van der Waals surface area contributed by atoms with Crippen molar-refractivity contribution in [2.24, 2.45) is 5.92 Å². The molecular weight excluding hydrogens is 314 g/mol. The van der Waals surface area contributed by atoms with E-state index in [0.717, 1.165) is 18.5 Å². The minimum Gasteiger partial charge on any atom is -0.480 e. The van der Waals surface area contributed by atoms with Gasteiger partial charge in [0.05, 0.1) is 5.75 Å². The van der Waals surface area contributed by atoms with Crippen molar-refractivity contribution in [1.29, 1.82) is 0 Å². The lowest BCUT2D eigenvalue weighted by atomic mass is 10.0. The highest BCUT2D eigenvalue weighted by atomic mass is 32.2. The van der Waals surface area contributed by atoms with Gasteiger partial charge in [-0.2, -0.15) is 0 Å². The molecule has 1 aromatic rings. The molecule has 1 N–H and O–H groups in total. The largest absolute Gasteiger partial charge is 0.480 e. The van der Waals surface area contributed by atoms with Gasteiger partial charge < -0.3 is 5.11 Å². The number of hydrogen-bond acceptors (Lipinski definition) is 4. The van der Waals surface area contributed by atoms with E-state index in [1.807, 2.05) is 30.3 Å². The maximum absolute atomic E-state index is 11.9. The van der Waals surface area contributed by atoms with E-state index in [2.05, 4.69) is 25.7 Å². The van der Waals surface area contributed by atoms with E-state index in [9.17, 15) is 13.2 Å². The first-order valence-electron chi connectivity index (χ1n) is 7.96. The first-order chi connectivity index (χ1) is 10.7. The minimum absolute atomic E-state index is 0.130. The van der Waals surface area contributed by atoms with Crippen LogP contribution >= 0.6 is 0 Å². The number of hydrogen-bond donors (Lipinski definition) is 1. The van der Waals surface area contributed by atoms with Crippen molar-refractivity contribution in [2.45, 2.75) is 33.2 Å². The molecule has 0 bridgehead atoms. The first kappa shape index (κ1) is 19.6. The molecule has 0 spiro atoms. The summed E-state index contributed by atoms with van der Waals surface area (Å²) in [5, 5.41) is 8.70. The molecule has 0 radical (unpaired) electrons. The van der Waals surface area contributed by atoms with Crippen LogP contribution in [0.25, 0.3) is 0 Å². The van der Waals surface area contributed by atoms with Crippen molar-refractivity contribution in [3.8, 4) is 0 Å². The van der Waals surface area contributed by atoms with E-state index in [4.69, 9.17) is 5.11 Å². The molecule has 0 heterocycles. The van der Waals surface area contributed by atoms with Crippen molar-refractivity contribution in [3.63, 3.8) is 0 Å². The Hall–Kier alpha value is -1.40. The summed E-state index contributed by atoms with van der Waals surface area (Å²) in [6.07, 6.45) is 0.871. The summed E-state index contributed by atoms with van der Waals surface area (Å²) in [5.41, 5.74) is 1.16. The van der Waals surface area contributed by atoms with Crippen LogP contribution in [-0.4, -0.2) is 49.0 Å². The number of carbonyl (C=O) groups is 1. The van der Waals surface area contributed by atoms with Crippen LogP contribution in [0.4, 0.5) is 0 Å². The SMILES string of the molecule is CCC(c1ccccc1)N(CCS(=O)(=O)CC(=O)O)CC(C)C. The second-order valence-corrected chi connectivity index (χ2v) is 8.39. The number of nitrogens with zero attached hydrogens (tertiary/aromatic N) is 1. The van der Waals surface area contributed by atoms with Gasteiger partial charge in [0.15, 0.2) is 9.84 Å². The third kappa shape index (κ3) is 7.14. The predicted octanol–water partition coefficient (Wildman–Crippen LogP) is 2.60. The molecule has 0 aliphatic carbocycles. The summed E-state index contributed by atoms with van der Waals surface area (Å²) in [6, 6.07) is 10.2. The highest BCUT2D eigenvalue weighted by molar-refractivity contribution is 7.92. The molecule has 6 heteroatoms. The van der Waals surface area contributed by atoms with Crippen molar-refractivity contribution < 1.29 is 18.3 Å². The van der Waals surface area contributed by atoms with Crippen LogP contribution in [0.2, 0.25) is 0 Å². The van der Waals surface area contributed by atoms with Crippen LogP contribution in [0.3, 0.4) is 0 Å². The summed E-state index contributed by atoms with van der Waals surface area (Å²) in [6.45, 7) is 7.39. The molecule has 23 heavy (non-hydrogen) atoms. The summed E-state index contributed by atoms with van der Waals surface area (Å²) in [7, 11) is -3.58. The Morgan fingerprint density at radius 1 is 1.22 bits per heavy atom. The van der Waals surface area contributed by atoms with Crippen molar-refractivity contribution in [3.05, 3.63) is 35.9 Å². The number of benzene rings is 1. The van der Waals surface area contributed by atoms with Crippen LogP contribution in [0.5, 0.6) is 0 Å². The zero-order chi connectivity index (χ0) is 17.5. The van der Waals surface area contributed by atoms with Gasteiger partial charge in [-0.25, -0.2) is 8.42 Å². The zero-order valence-electron chi connectivity index (χ0n) is 14.1. The van der Waals surface area contributed by atoms with Gasteiger partial charge in [-0.3, -0.25) is 9.69 Å². The number of carboxylic acids is 1. The normalized spacial score (nSPS) is 13.4. The summed E-state index contributed by atoms with van der Waals surface area (Å²) in [4.78, 5) is 12.8. The smallest absolute Gasteiger partial charge is 0.318 e. The Morgan fingerprint density at radius 2 is 1.83 bits per heavy atom. The molecule has 0 aromatic heterocycles. The standard InChI is InChI=1S/C17H27NO4S/c1-4-16(15-8-6-5-7-9-15)18(12-14(2)3)10-11-23(21,22)13-17(19)20/h5-9,14,16H,4,10-13H2,1-3H3,(H,19,20). The molecule has 1 aromatic carbocycles. The number of sulfone groups is 1. The summed E-state index contributed by atoms with van der Waals surface area (Å²) in [5.74, 6) is -1.83. The quantitative estimate of drug-likeness (QED) is 0.708. The van der Waals surface area contributed by atoms with Crippen LogP contribution in [0, 0.1) is 5.92 Å². The molecule has 5 nitrogen and oxygen atoms in total. The highest BCUT2D eigenvalue weighted by Gasteiger charge is 2.23. The van der Waals surface area contributed by atoms with Gasteiger partial charge in [-0.05, 0) is 17.9 Å². The first-order valence-corrected chi connectivity index (χ1v) is 9.78. The number of aliphatic carboxylic acids is 1. The molecule has 1 rings (SSSR count). The average molecular weight is 341 g/mol. The van der Waals surface area contributed by atoms with Crippen molar-refractivity contribution >= 4 is 15.8 Å². The summed E-state index contributed by atoms with van der Waals surface area (Å²) < 4.78 is 23.7. The van der Waals surface area contributed by atoms with Gasteiger partial charge in [0.2, 0.25) is 0 Å². The lowest BCUT2D eigenvalue weighted by Gasteiger charge is -2.32. The monoisotopic (exact) mass is 341 g/mol. The molecular formula is C17H27NO4S. The third-order valence-electron chi connectivity index (χ3n) is 3.64. The van der Waals surface area contributed by atoms with Crippen LogP contribution in [0.1, 0.15) is 38.8 Å². The van der Waals surface area contributed by atoms with Gasteiger partial charge in [0.25, 0.3) is 0 Å². The van der Waals surface area contributed by atoms with Crippen LogP contribution in [-0.2, 0) is 14.6 Å². The van der Waals surface area contributed by atoms with E-state index in [1.54, 1.807) is 0 Å². The Balaban J connectivity index is 2.89. The second kappa shape index (κ2) is 9.03. The average Bonchev–Trinajstić information content (AvgIpc) is 2.45. The molecule has 0 aliphatic rings. The van der Waals surface area contributed by atoms with E-state index in [1.165, 1.54) is 0 Å². The van der Waals surface area contributed by atoms with Crippen LogP contribution in [0.15, 0.2) is 30.3 Å². The molecule has 0 amide bonds. The van der Waals surface area contributed by atoms with Crippen molar-refractivity contribution in [1.82, 2.24) is 4.90 Å². The molecule has 0 fully saturated rings. The van der Waals surface area contributed by atoms with Gasteiger partial charge in [0, 0.05) is 19.1 Å². The summed E-state index contributed by atoms with van der Waals surface area (Å²) >= 11 is 0. The highest BCUT2D eigenvalue weighted by Crippen LogP contribution is 2.25. The molecule has 0 saturated heterocycles. The van der Waals surface area contributed by atoms with Gasteiger partial charge in [-0.15, -0.1) is 0 Å². The molecule has 1 atom stereocenters. The number of rotatable bonds is 10. The van der Waals surface area contributed by atoms with E-state index in [-0.39, 0.29) is 11.8 Å². The molecule has 0 saturated carbocycles. The minimum atomic E-state index is -3.58. The molecule has 130 valence electrons. The van der Waals surface area contributed by atoms with Crippen LogP contribution < -0.4 is 0 Å². The van der Waals surface area contributed by atoms with Gasteiger partial charge in [-0.1, -0.05) is 51.1 Å². The Labute approximate surface area is 139 Å². The fourth-order valence-corrected chi connectivity index (χ4v) is 3.77. The molecule has 0 aliphatic heterocycles. The lowest BCUT2D eigenvalue weighted by Crippen LogP contribution is -2.36. The Morgan fingerprint density at radius 3 is 2.30 bits per heavy atom. The fraction of sp³-hybridized carbons (Fsp3) is 0.588. The fourth-order valence-electron chi connectivity index (χ4n) is 2.74. The van der Waals surface area contributed by atoms with Gasteiger partial charge in [0.1, 0.15) is 5.75 Å². The lowest BCUT2D eigenvalue weighted by molar-refractivity contribution is -0.134. The maximum Gasteiger partial charge on any atom is 0.318 e. The molecule has 1 unspecified atom stereocenters.